The van der Waals surface area contributed by atoms with Gasteiger partial charge in [0.05, 0.1) is 12.3 Å². The summed E-state index contributed by atoms with van der Waals surface area (Å²) >= 11 is 2.09. The average molecular weight is 359 g/mol. The summed E-state index contributed by atoms with van der Waals surface area (Å²) in [5.41, 5.74) is 0.973. The molecule has 0 aliphatic carbocycles. The minimum atomic E-state index is -2.40. The Morgan fingerprint density at radius 3 is 2.91 bits per heavy atom. The van der Waals surface area contributed by atoms with E-state index >= 15 is 0 Å². The Labute approximate surface area is 141 Å². The lowest BCUT2D eigenvalue weighted by atomic mass is 10.0. The van der Waals surface area contributed by atoms with E-state index in [1.165, 1.54) is 6.07 Å². The van der Waals surface area contributed by atoms with Crippen LogP contribution in [0.25, 0.3) is 0 Å². The zero-order chi connectivity index (χ0) is 16.2. The number of benzene rings is 1. The van der Waals surface area contributed by atoms with Gasteiger partial charge in [0.2, 0.25) is 0 Å². The first-order valence-corrected chi connectivity index (χ1v) is 9.29. The third kappa shape index (κ3) is 4.28. The third-order valence-corrected chi connectivity index (χ3v) is 5.48. The van der Waals surface area contributed by atoms with E-state index < -0.39 is 5.76 Å². The maximum absolute atomic E-state index is 13.8. The van der Waals surface area contributed by atoms with E-state index in [2.05, 4.69) is 5.32 Å². The standard InChI is InChI=1S/C16H16F3NOS2/c17-13-3-1-2-12-14(6-7-22-15(12)13)20-8-10-4-5-11(21-10)9-23-16(18)19/h1-5,14,16,20H,6-9H2. The van der Waals surface area contributed by atoms with Gasteiger partial charge in [-0.15, -0.1) is 11.8 Å². The number of thioether (sulfide) groups is 2. The van der Waals surface area contributed by atoms with Gasteiger partial charge < -0.3 is 9.73 Å². The minimum absolute atomic E-state index is 0.0749. The van der Waals surface area contributed by atoms with Crippen molar-refractivity contribution in [2.75, 3.05) is 5.75 Å². The molecule has 0 spiro atoms. The van der Waals surface area contributed by atoms with Crippen LogP contribution >= 0.6 is 23.5 Å². The summed E-state index contributed by atoms with van der Waals surface area (Å²) in [5, 5.41) is 3.37. The summed E-state index contributed by atoms with van der Waals surface area (Å²) in [4.78, 5) is 0.713. The molecule has 0 saturated carbocycles. The van der Waals surface area contributed by atoms with E-state index in [4.69, 9.17) is 4.42 Å². The van der Waals surface area contributed by atoms with Crippen molar-refractivity contribution in [1.29, 1.82) is 0 Å². The molecule has 0 saturated heterocycles. The largest absolute Gasteiger partial charge is 0.464 e. The summed E-state index contributed by atoms with van der Waals surface area (Å²) < 4.78 is 43.7. The van der Waals surface area contributed by atoms with Crippen LogP contribution in [-0.2, 0) is 12.3 Å². The Kier molecular flexibility index (Phi) is 5.61. The number of alkyl halides is 2. The molecule has 1 aromatic heterocycles. The smallest absolute Gasteiger partial charge is 0.284 e. The van der Waals surface area contributed by atoms with E-state index in [-0.39, 0.29) is 17.6 Å². The molecular formula is C16H16F3NOS2. The van der Waals surface area contributed by atoms with Gasteiger partial charge in [-0.2, -0.15) is 8.78 Å². The van der Waals surface area contributed by atoms with Gasteiger partial charge in [0.1, 0.15) is 17.3 Å². The number of halogens is 3. The summed E-state index contributed by atoms with van der Waals surface area (Å²) in [6.07, 6.45) is 0.913. The van der Waals surface area contributed by atoms with Crippen LogP contribution in [0.3, 0.4) is 0 Å². The van der Waals surface area contributed by atoms with Crippen molar-refractivity contribution in [1.82, 2.24) is 5.32 Å². The van der Waals surface area contributed by atoms with Gasteiger partial charge in [-0.3, -0.25) is 0 Å². The van der Waals surface area contributed by atoms with Crippen LogP contribution in [0.2, 0.25) is 0 Å². The van der Waals surface area contributed by atoms with Crippen molar-refractivity contribution >= 4 is 23.5 Å². The predicted molar refractivity (Wildman–Crippen MR) is 87.3 cm³/mol. The number of fused-ring (bicyclic) bond motifs is 1. The van der Waals surface area contributed by atoms with E-state index in [1.54, 1.807) is 30.0 Å². The van der Waals surface area contributed by atoms with Crippen LogP contribution < -0.4 is 5.32 Å². The Morgan fingerprint density at radius 2 is 2.09 bits per heavy atom. The summed E-state index contributed by atoms with van der Waals surface area (Å²) in [7, 11) is 0. The number of furan rings is 1. The Bertz CT molecular complexity index is 663. The molecule has 1 aliphatic heterocycles. The molecule has 1 atom stereocenters. The van der Waals surface area contributed by atoms with Crippen molar-refractivity contribution < 1.29 is 17.6 Å². The van der Waals surface area contributed by atoms with Crippen molar-refractivity contribution in [3.63, 3.8) is 0 Å². The zero-order valence-corrected chi connectivity index (χ0v) is 13.9. The fourth-order valence-corrected chi connectivity index (χ4v) is 4.15. The van der Waals surface area contributed by atoms with Gasteiger partial charge in [-0.1, -0.05) is 23.9 Å². The molecule has 2 aromatic rings. The molecule has 1 unspecified atom stereocenters. The van der Waals surface area contributed by atoms with Crippen molar-refractivity contribution in [3.05, 3.63) is 53.2 Å². The molecule has 3 rings (SSSR count). The predicted octanol–water partition coefficient (Wildman–Crippen LogP) is 5.20. The highest BCUT2D eigenvalue weighted by Crippen LogP contribution is 2.37. The van der Waals surface area contributed by atoms with E-state index in [1.807, 2.05) is 6.07 Å². The second-order valence-corrected chi connectivity index (χ2v) is 7.25. The minimum Gasteiger partial charge on any atom is -0.464 e. The molecule has 0 bridgehead atoms. The van der Waals surface area contributed by atoms with Gasteiger partial charge in [-0.25, -0.2) is 4.39 Å². The summed E-state index contributed by atoms with van der Waals surface area (Å²) in [6.45, 7) is 0.491. The SMILES string of the molecule is Fc1cccc2c1SCCC2NCc1ccc(CSC(F)F)o1. The van der Waals surface area contributed by atoms with Crippen molar-refractivity contribution in [2.45, 2.75) is 35.4 Å². The van der Waals surface area contributed by atoms with Crippen LogP contribution in [0, 0.1) is 5.82 Å². The normalized spacial score (nSPS) is 17.5. The zero-order valence-electron chi connectivity index (χ0n) is 12.2. The monoisotopic (exact) mass is 359 g/mol. The van der Waals surface area contributed by atoms with E-state index in [0.29, 0.717) is 34.7 Å². The fraction of sp³-hybridized carbons (Fsp3) is 0.375. The van der Waals surface area contributed by atoms with Gasteiger partial charge in [0.15, 0.2) is 0 Å². The molecular weight excluding hydrogens is 343 g/mol. The van der Waals surface area contributed by atoms with E-state index in [9.17, 15) is 13.2 Å². The van der Waals surface area contributed by atoms with Crippen LogP contribution in [0.4, 0.5) is 13.2 Å². The Hall–Kier alpha value is -1.05. The van der Waals surface area contributed by atoms with Gasteiger partial charge in [-0.05, 0) is 35.9 Å². The fourth-order valence-electron chi connectivity index (χ4n) is 2.56. The first-order chi connectivity index (χ1) is 11.1. The molecule has 1 aliphatic rings. The van der Waals surface area contributed by atoms with E-state index in [0.717, 1.165) is 17.7 Å². The molecule has 1 N–H and O–H groups in total. The Morgan fingerprint density at radius 1 is 1.26 bits per heavy atom. The van der Waals surface area contributed by atoms with Crippen molar-refractivity contribution in [3.8, 4) is 0 Å². The lowest BCUT2D eigenvalue weighted by Crippen LogP contribution is -2.24. The molecule has 2 heterocycles. The maximum Gasteiger partial charge on any atom is 0.284 e. The Balaban J connectivity index is 1.60. The molecule has 0 amide bonds. The maximum atomic E-state index is 13.8. The average Bonchev–Trinajstić information content (AvgIpc) is 2.99. The molecule has 0 fully saturated rings. The van der Waals surface area contributed by atoms with Crippen LogP contribution in [0.1, 0.15) is 29.5 Å². The summed E-state index contributed by atoms with van der Waals surface area (Å²) in [6, 6.07) is 8.73. The second kappa shape index (κ2) is 7.68. The highest BCUT2D eigenvalue weighted by Gasteiger charge is 2.22. The molecule has 0 radical (unpaired) electrons. The molecule has 2 nitrogen and oxygen atoms in total. The van der Waals surface area contributed by atoms with Crippen LogP contribution in [-0.4, -0.2) is 11.5 Å². The number of hydrogen-bond acceptors (Lipinski definition) is 4. The first kappa shape index (κ1) is 16.8. The molecule has 7 heteroatoms. The first-order valence-electron chi connectivity index (χ1n) is 7.25. The lowest BCUT2D eigenvalue weighted by molar-refractivity contribution is 0.251. The van der Waals surface area contributed by atoms with Crippen LogP contribution in [0.15, 0.2) is 39.6 Å². The lowest BCUT2D eigenvalue weighted by Gasteiger charge is -2.26. The van der Waals surface area contributed by atoms with Gasteiger partial charge in [0.25, 0.3) is 5.76 Å². The second-order valence-electron chi connectivity index (χ2n) is 5.17. The third-order valence-electron chi connectivity index (χ3n) is 3.62. The highest BCUT2D eigenvalue weighted by molar-refractivity contribution is 7.99. The van der Waals surface area contributed by atoms with Crippen LogP contribution in [0.5, 0.6) is 0 Å². The van der Waals surface area contributed by atoms with Crippen molar-refractivity contribution in [2.24, 2.45) is 0 Å². The topological polar surface area (TPSA) is 25.2 Å². The van der Waals surface area contributed by atoms with Gasteiger partial charge >= 0.3 is 0 Å². The summed E-state index contributed by atoms with van der Waals surface area (Å²) in [5.74, 6) is -0.314. The van der Waals surface area contributed by atoms with Gasteiger partial charge in [0, 0.05) is 10.9 Å². The quantitative estimate of drug-likeness (QED) is 0.766. The highest BCUT2D eigenvalue weighted by atomic mass is 32.2. The molecule has 23 heavy (non-hydrogen) atoms. The molecule has 124 valence electrons. The molecule has 1 aromatic carbocycles. The number of nitrogens with one attached hydrogen (secondary N) is 1. The number of hydrogen-bond donors (Lipinski definition) is 1. The number of rotatable bonds is 6.